The molecule has 0 atom stereocenters. The first kappa shape index (κ1) is 9.45. The zero-order valence-electron chi connectivity index (χ0n) is 7.34. The van der Waals surface area contributed by atoms with Crippen LogP contribution in [0.2, 0.25) is 0 Å². The molecule has 0 spiro atoms. The first-order valence-electron chi connectivity index (χ1n) is 3.92. The maximum absolute atomic E-state index is 12.5. The van der Waals surface area contributed by atoms with Crippen molar-refractivity contribution in [3.05, 3.63) is 42.4 Å². The third-order valence-corrected chi connectivity index (χ3v) is 1.43. The van der Waals surface area contributed by atoms with Gasteiger partial charge in [0.1, 0.15) is 5.82 Å². The minimum absolute atomic E-state index is 0.252. The lowest BCUT2D eigenvalue weighted by molar-refractivity contribution is 0.628. The highest BCUT2D eigenvalue weighted by molar-refractivity contribution is 5.90. The van der Waals surface area contributed by atoms with E-state index >= 15 is 0 Å². The molecule has 1 rings (SSSR count). The van der Waals surface area contributed by atoms with Gasteiger partial charge in [-0.05, 0) is 37.3 Å². The summed E-state index contributed by atoms with van der Waals surface area (Å²) in [5, 5.41) is 10.0. The molecule has 0 aliphatic rings. The van der Waals surface area contributed by atoms with E-state index in [1.807, 2.05) is 0 Å². The van der Waals surface area contributed by atoms with E-state index in [9.17, 15) is 4.39 Å². The number of anilines is 1. The lowest BCUT2D eigenvalue weighted by Gasteiger charge is -1.98. The highest BCUT2D eigenvalue weighted by Gasteiger charge is 1.88. The Morgan fingerprint density at radius 1 is 1.38 bits per heavy atom. The first-order valence-corrected chi connectivity index (χ1v) is 3.92. The van der Waals surface area contributed by atoms with E-state index in [4.69, 9.17) is 5.41 Å². The predicted molar refractivity (Wildman–Crippen MR) is 52.6 cm³/mol. The van der Waals surface area contributed by atoms with Gasteiger partial charge in [-0.25, -0.2) is 4.39 Å². The number of rotatable bonds is 3. The van der Waals surface area contributed by atoms with Crippen LogP contribution in [0.3, 0.4) is 0 Å². The minimum Gasteiger partial charge on any atom is -0.362 e. The Hall–Kier alpha value is -1.64. The van der Waals surface area contributed by atoms with Crippen LogP contribution in [-0.4, -0.2) is 5.71 Å². The SMILES string of the molecule is CC(=N)/C=C\Nc1ccc(F)cc1. The summed E-state index contributed by atoms with van der Waals surface area (Å²) in [6.07, 6.45) is 3.28. The van der Waals surface area contributed by atoms with Crippen LogP contribution in [0.25, 0.3) is 0 Å². The quantitative estimate of drug-likeness (QED) is 0.686. The van der Waals surface area contributed by atoms with E-state index in [1.165, 1.54) is 12.1 Å². The summed E-state index contributed by atoms with van der Waals surface area (Å²) >= 11 is 0. The highest BCUT2D eigenvalue weighted by Crippen LogP contribution is 2.07. The van der Waals surface area contributed by atoms with Crippen molar-refractivity contribution in [3.63, 3.8) is 0 Å². The maximum atomic E-state index is 12.5. The average molecular weight is 178 g/mol. The van der Waals surface area contributed by atoms with Gasteiger partial charge in [-0.2, -0.15) is 0 Å². The largest absolute Gasteiger partial charge is 0.362 e. The molecule has 0 radical (unpaired) electrons. The molecule has 0 aromatic heterocycles. The summed E-state index contributed by atoms with van der Waals surface area (Å²) in [5.74, 6) is -0.252. The van der Waals surface area contributed by atoms with Gasteiger partial charge in [-0.15, -0.1) is 0 Å². The van der Waals surface area contributed by atoms with Gasteiger partial charge in [0.15, 0.2) is 0 Å². The molecule has 1 aromatic carbocycles. The van der Waals surface area contributed by atoms with Gasteiger partial charge in [0.05, 0.1) is 0 Å². The van der Waals surface area contributed by atoms with E-state index in [2.05, 4.69) is 5.32 Å². The molecule has 0 unspecified atom stereocenters. The summed E-state index contributed by atoms with van der Waals surface area (Å²) < 4.78 is 12.5. The van der Waals surface area contributed by atoms with Crippen molar-refractivity contribution >= 4 is 11.4 Å². The van der Waals surface area contributed by atoms with Gasteiger partial charge in [0, 0.05) is 17.6 Å². The van der Waals surface area contributed by atoms with Crippen molar-refractivity contribution in [1.29, 1.82) is 5.41 Å². The molecular weight excluding hydrogens is 167 g/mol. The van der Waals surface area contributed by atoms with E-state index in [1.54, 1.807) is 31.3 Å². The molecule has 0 aliphatic carbocycles. The standard InChI is InChI=1S/C10H11FN2/c1-8(12)6-7-13-10-4-2-9(11)3-5-10/h2-7,12-13H,1H3/b7-6-,12-8?. The van der Waals surface area contributed by atoms with Crippen molar-refractivity contribution < 1.29 is 4.39 Å². The predicted octanol–water partition coefficient (Wildman–Crippen LogP) is 2.79. The number of benzene rings is 1. The van der Waals surface area contributed by atoms with Crippen LogP contribution in [-0.2, 0) is 0 Å². The monoisotopic (exact) mass is 178 g/mol. The summed E-state index contributed by atoms with van der Waals surface area (Å²) in [5.41, 5.74) is 1.27. The van der Waals surface area contributed by atoms with Crippen molar-refractivity contribution in [1.82, 2.24) is 0 Å². The molecule has 0 aliphatic heterocycles. The van der Waals surface area contributed by atoms with Gasteiger partial charge in [-0.3, -0.25) is 0 Å². The van der Waals surface area contributed by atoms with Crippen LogP contribution in [0.15, 0.2) is 36.5 Å². The van der Waals surface area contributed by atoms with Crippen molar-refractivity contribution in [2.45, 2.75) is 6.92 Å². The van der Waals surface area contributed by atoms with E-state index in [-0.39, 0.29) is 5.82 Å². The van der Waals surface area contributed by atoms with Crippen molar-refractivity contribution in [2.75, 3.05) is 5.32 Å². The highest BCUT2D eigenvalue weighted by atomic mass is 19.1. The summed E-state index contributed by atoms with van der Waals surface area (Å²) in [4.78, 5) is 0. The molecule has 0 saturated carbocycles. The molecule has 0 heterocycles. The summed E-state index contributed by atoms with van der Waals surface area (Å²) in [7, 11) is 0. The second-order valence-corrected chi connectivity index (χ2v) is 2.67. The first-order chi connectivity index (χ1) is 6.18. The van der Waals surface area contributed by atoms with Crippen LogP contribution in [0.1, 0.15) is 6.92 Å². The Kier molecular flexibility index (Phi) is 3.20. The lowest BCUT2D eigenvalue weighted by atomic mass is 10.3. The number of halogens is 1. The van der Waals surface area contributed by atoms with Crippen molar-refractivity contribution in [3.8, 4) is 0 Å². The molecule has 1 aromatic rings. The molecule has 13 heavy (non-hydrogen) atoms. The molecule has 3 heteroatoms. The maximum Gasteiger partial charge on any atom is 0.123 e. The van der Waals surface area contributed by atoms with E-state index in [0.717, 1.165) is 5.69 Å². The Morgan fingerprint density at radius 3 is 2.54 bits per heavy atom. The number of allylic oxidation sites excluding steroid dienone is 1. The zero-order chi connectivity index (χ0) is 9.68. The normalized spacial score (nSPS) is 10.3. The Labute approximate surface area is 76.6 Å². The molecule has 0 bridgehead atoms. The van der Waals surface area contributed by atoms with E-state index in [0.29, 0.717) is 5.71 Å². The Bertz CT molecular complexity index is 314. The smallest absolute Gasteiger partial charge is 0.123 e. The molecule has 0 amide bonds. The van der Waals surface area contributed by atoms with Crippen LogP contribution in [0.5, 0.6) is 0 Å². The topological polar surface area (TPSA) is 35.9 Å². The molecule has 0 saturated heterocycles. The Balaban J connectivity index is 2.55. The van der Waals surface area contributed by atoms with E-state index < -0.39 is 0 Å². The van der Waals surface area contributed by atoms with Crippen LogP contribution in [0.4, 0.5) is 10.1 Å². The van der Waals surface area contributed by atoms with Crippen LogP contribution in [0, 0.1) is 11.2 Å². The van der Waals surface area contributed by atoms with Crippen LogP contribution >= 0.6 is 0 Å². The Morgan fingerprint density at radius 2 is 2.00 bits per heavy atom. The third-order valence-electron chi connectivity index (χ3n) is 1.43. The number of nitrogens with one attached hydrogen (secondary N) is 2. The fourth-order valence-corrected chi connectivity index (χ4v) is 0.809. The second kappa shape index (κ2) is 4.40. The third kappa shape index (κ3) is 3.51. The second-order valence-electron chi connectivity index (χ2n) is 2.67. The van der Waals surface area contributed by atoms with Gasteiger partial charge in [-0.1, -0.05) is 0 Å². The van der Waals surface area contributed by atoms with Crippen molar-refractivity contribution in [2.24, 2.45) is 0 Å². The fraction of sp³-hybridized carbons (Fsp3) is 0.100. The van der Waals surface area contributed by atoms with Gasteiger partial charge >= 0.3 is 0 Å². The number of hydrogen-bond acceptors (Lipinski definition) is 2. The minimum atomic E-state index is -0.252. The summed E-state index contributed by atoms with van der Waals surface area (Å²) in [6.45, 7) is 1.68. The lowest BCUT2D eigenvalue weighted by Crippen LogP contribution is -1.89. The summed E-state index contributed by atoms with van der Waals surface area (Å²) in [6, 6.07) is 6.04. The van der Waals surface area contributed by atoms with Gasteiger partial charge < -0.3 is 10.7 Å². The van der Waals surface area contributed by atoms with Gasteiger partial charge in [0.25, 0.3) is 0 Å². The molecule has 2 N–H and O–H groups in total. The molecule has 0 fully saturated rings. The molecule has 68 valence electrons. The van der Waals surface area contributed by atoms with Crippen LogP contribution < -0.4 is 5.32 Å². The average Bonchev–Trinajstić information content (AvgIpc) is 2.08. The molecule has 2 nitrogen and oxygen atoms in total. The number of hydrogen-bond donors (Lipinski definition) is 2. The fourth-order valence-electron chi connectivity index (χ4n) is 0.809. The molecular formula is C10H11FN2. The van der Waals surface area contributed by atoms with Gasteiger partial charge in [0.2, 0.25) is 0 Å². The zero-order valence-corrected chi connectivity index (χ0v) is 7.34.